The molecular formula is C13H14Cl2FN3O. The van der Waals surface area contributed by atoms with Gasteiger partial charge in [0.2, 0.25) is 0 Å². The standard InChI is InChI=1S/C13H14Cl2FN3O/c1-3-8-6(2)10(16)13(20-8)19-5-17-11-7(19)4-9(14)18-12(11)15/h4-6,8,10,13H,3H2,1-2H3/t6-,8-,10+,13-/m1/s1. The molecule has 0 radical (unpaired) electrons. The van der Waals surface area contributed by atoms with Crippen LogP contribution in [-0.2, 0) is 4.74 Å². The van der Waals surface area contributed by atoms with Crippen molar-refractivity contribution < 1.29 is 9.13 Å². The lowest BCUT2D eigenvalue weighted by molar-refractivity contribution is -0.0183. The van der Waals surface area contributed by atoms with Crippen LogP contribution in [0.5, 0.6) is 0 Å². The smallest absolute Gasteiger partial charge is 0.167 e. The Morgan fingerprint density at radius 3 is 2.85 bits per heavy atom. The predicted molar refractivity (Wildman–Crippen MR) is 75.8 cm³/mol. The van der Waals surface area contributed by atoms with Crippen molar-refractivity contribution in [2.75, 3.05) is 0 Å². The van der Waals surface area contributed by atoms with Crippen LogP contribution in [0.2, 0.25) is 10.3 Å². The number of fused-ring (bicyclic) bond motifs is 1. The fraction of sp³-hybridized carbons (Fsp3) is 0.538. The molecule has 7 heteroatoms. The Morgan fingerprint density at radius 1 is 1.45 bits per heavy atom. The number of rotatable bonds is 2. The van der Waals surface area contributed by atoms with Crippen molar-refractivity contribution in [3.8, 4) is 0 Å². The number of hydrogen-bond acceptors (Lipinski definition) is 3. The fourth-order valence-corrected chi connectivity index (χ4v) is 3.16. The van der Waals surface area contributed by atoms with E-state index in [1.54, 1.807) is 10.6 Å². The average Bonchev–Trinajstić information content (AvgIpc) is 2.93. The predicted octanol–water partition coefficient (Wildman–Crippen LogP) is 4.02. The quantitative estimate of drug-likeness (QED) is 0.785. The molecule has 0 saturated carbocycles. The van der Waals surface area contributed by atoms with Gasteiger partial charge in [0, 0.05) is 12.0 Å². The van der Waals surface area contributed by atoms with Gasteiger partial charge in [-0.25, -0.2) is 14.4 Å². The van der Waals surface area contributed by atoms with Gasteiger partial charge >= 0.3 is 0 Å². The second-order valence-electron chi connectivity index (χ2n) is 5.03. The minimum Gasteiger partial charge on any atom is -0.351 e. The Hall–Kier alpha value is -0.910. The molecule has 2 aromatic heterocycles. The number of halogens is 3. The molecular weight excluding hydrogens is 304 g/mol. The van der Waals surface area contributed by atoms with Gasteiger partial charge in [-0.1, -0.05) is 37.0 Å². The summed E-state index contributed by atoms with van der Waals surface area (Å²) in [5.74, 6) is -0.157. The molecule has 20 heavy (non-hydrogen) atoms. The van der Waals surface area contributed by atoms with Gasteiger partial charge in [-0.15, -0.1) is 0 Å². The molecule has 4 nitrogen and oxygen atoms in total. The van der Waals surface area contributed by atoms with E-state index in [1.807, 2.05) is 13.8 Å². The Kier molecular flexibility index (Phi) is 3.60. The molecule has 3 heterocycles. The van der Waals surface area contributed by atoms with Crippen LogP contribution >= 0.6 is 23.2 Å². The van der Waals surface area contributed by atoms with Crippen LogP contribution in [0.1, 0.15) is 26.5 Å². The number of alkyl halides is 1. The number of pyridine rings is 1. The molecule has 0 unspecified atom stereocenters. The summed E-state index contributed by atoms with van der Waals surface area (Å²) in [5.41, 5.74) is 1.13. The minimum absolute atomic E-state index is 0.0970. The van der Waals surface area contributed by atoms with E-state index in [0.29, 0.717) is 11.0 Å². The topological polar surface area (TPSA) is 39.9 Å². The van der Waals surface area contributed by atoms with E-state index in [2.05, 4.69) is 9.97 Å². The van der Waals surface area contributed by atoms with Crippen LogP contribution in [0, 0.1) is 5.92 Å². The van der Waals surface area contributed by atoms with Gasteiger partial charge < -0.3 is 9.30 Å². The Labute approximate surface area is 125 Å². The summed E-state index contributed by atoms with van der Waals surface area (Å²) in [4.78, 5) is 8.10. The summed E-state index contributed by atoms with van der Waals surface area (Å²) in [6.45, 7) is 3.85. The zero-order chi connectivity index (χ0) is 14.4. The normalized spacial score (nSPS) is 30.2. The maximum absolute atomic E-state index is 14.5. The van der Waals surface area contributed by atoms with Crippen LogP contribution in [0.3, 0.4) is 0 Å². The average molecular weight is 318 g/mol. The van der Waals surface area contributed by atoms with E-state index in [9.17, 15) is 4.39 Å². The SMILES string of the molecule is CC[C@H]1O[C@@H](n2cnc3c(Cl)nc(Cl)cc32)[C@@H](F)[C@@H]1C. The summed E-state index contributed by atoms with van der Waals surface area (Å²) in [6.07, 6.45) is 0.405. The number of ether oxygens (including phenoxy) is 1. The molecule has 4 atom stereocenters. The van der Waals surface area contributed by atoms with E-state index in [4.69, 9.17) is 27.9 Å². The summed E-state index contributed by atoms with van der Waals surface area (Å²) < 4.78 is 21.9. The monoisotopic (exact) mass is 317 g/mol. The van der Waals surface area contributed by atoms with Crippen LogP contribution in [0.4, 0.5) is 4.39 Å². The van der Waals surface area contributed by atoms with Gasteiger partial charge in [0.05, 0.1) is 17.9 Å². The zero-order valence-corrected chi connectivity index (χ0v) is 12.6. The summed E-state index contributed by atoms with van der Waals surface area (Å²) in [6, 6.07) is 1.62. The van der Waals surface area contributed by atoms with Gasteiger partial charge in [-0.2, -0.15) is 0 Å². The molecule has 1 fully saturated rings. The highest BCUT2D eigenvalue weighted by molar-refractivity contribution is 6.36. The fourth-order valence-electron chi connectivity index (χ4n) is 2.70. The highest BCUT2D eigenvalue weighted by Gasteiger charge is 2.42. The van der Waals surface area contributed by atoms with Crippen molar-refractivity contribution in [1.82, 2.24) is 14.5 Å². The van der Waals surface area contributed by atoms with E-state index >= 15 is 0 Å². The van der Waals surface area contributed by atoms with Crippen molar-refractivity contribution >= 4 is 34.2 Å². The first-order chi connectivity index (χ1) is 9.52. The maximum atomic E-state index is 14.5. The molecule has 0 amide bonds. The molecule has 0 aliphatic carbocycles. The molecule has 1 aliphatic heterocycles. The van der Waals surface area contributed by atoms with Gasteiger partial charge in [0.15, 0.2) is 17.6 Å². The first-order valence-electron chi connectivity index (χ1n) is 6.51. The number of aromatic nitrogens is 3. The van der Waals surface area contributed by atoms with Crippen LogP contribution in [0.25, 0.3) is 11.0 Å². The Balaban J connectivity index is 2.07. The second-order valence-corrected chi connectivity index (χ2v) is 5.78. The first kappa shape index (κ1) is 14.0. The minimum atomic E-state index is -1.09. The third-order valence-corrected chi connectivity index (χ3v) is 4.30. The second kappa shape index (κ2) is 5.13. The van der Waals surface area contributed by atoms with E-state index < -0.39 is 12.4 Å². The molecule has 1 aliphatic rings. The maximum Gasteiger partial charge on any atom is 0.167 e. The van der Waals surface area contributed by atoms with Crippen LogP contribution in [0.15, 0.2) is 12.4 Å². The van der Waals surface area contributed by atoms with Crippen molar-refractivity contribution in [2.45, 2.75) is 38.8 Å². The Bertz CT molecular complexity index is 648. The number of hydrogen-bond donors (Lipinski definition) is 0. The lowest BCUT2D eigenvalue weighted by Crippen LogP contribution is -2.19. The zero-order valence-electron chi connectivity index (χ0n) is 11.1. The van der Waals surface area contributed by atoms with Crippen LogP contribution in [-0.4, -0.2) is 26.8 Å². The van der Waals surface area contributed by atoms with Crippen LogP contribution < -0.4 is 0 Å². The van der Waals surface area contributed by atoms with Gasteiger partial charge in [0.25, 0.3) is 0 Å². The molecule has 0 N–H and O–H groups in total. The molecule has 2 aromatic rings. The van der Waals surface area contributed by atoms with Gasteiger partial charge in [0.1, 0.15) is 10.7 Å². The lowest BCUT2D eigenvalue weighted by Gasteiger charge is -2.16. The molecule has 0 aromatic carbocycles. The number of imidazole rings is 1. The third kappa shape index (κ3) is 2.08. The molecule has 1 saturated heterocycles. The van der Waals surface area contributed by atoms with Gasteiger partial charge in [-0.3, -0.25) is 0 Å². The van der Waals surface area contributed by atoms with E-state index in [1.165, 1.54) is 6.33 Å². The summed E-state index contributed by atoms with van der Waals surface area (Å²) in [5, 5.41) is 0.456. The Morgan fingerprint density at radius 2 is 2.20 bits per heavy atom. The van der Waals surface area contributed by atoms with Gasteiger partial charge in [-0.05, 0) is 6.42 Å². The first-order valence-corrected chi connectivity index (χ1v) is 7.26. The lowest BCUT2D eigenvalue weighted by atomic mass is 10.00. The van der Waals surface area contributed by atoms with Crippen molar-refractivity contribution in [1.29, 1.82) is 0 Å². The molecule has 108 valence electrons. The largest absolute Gasteiger partial charge is 0.351 e. The summed E-state index contributed by atoms with van der Waals surface area (Å²) >= 11 is 11.9. The highest BCUT2D eigenvalue weighted by Crippen LogP contribution is 2.39. The van der Waals surface area contributed by atoms with E-state index in [0.717, 1.165) is 6.42 Å². The van der Waals surface area contributed by atoms with Crippen molar-refractivity contribution in [3.63, 3.8) is 0 Å². The summed E-state index contributed by atoms with van der Waals surface area (Å²) in [7, 11) is 0. The third-order valence-electron chi connectivity index (χ3n) is 3.84. The molecule has 3 rings (SSSR count). The van der Waals surface area contributed by atoms with E-state index in [-0.39, 0.29) is 22.3 Å². The molecule has 0 bridgehead atoms. The highest BCUT2D eigenvalue weighted by atomic mass is 35.5. The number of nitrogens with zero attached hydrogens (tertiary/aromatic N) is 3. The van der Waals surface area contributed by atoms with Crippen molar-refractivity contribution in [2.24, 2.45) is 5.92 Å². The van der Waals surface area contributed by atoms with Crippen molar-refractivity contribution in [3.05, 3.63) is 22.7 Å². The molecule has 0 spiro atoms.